The van der Waals surface area contributed by atoms with E-state index in [-0.39, 0.29) is 19.1 Å². The van der Waals surface area contributed by atoms with E-state index in [2.05, 4.69) is 17.4 Å². The SMILES string of the molecule is COc1cc2c(cc1OC)C(CNCCCN1CCc3cc(CO)c(CO)cc3CC1=O)C2. The van der Waals surface area contributed by atoms with E-state index >= 15 is 0 Å². The standard InChI is InChI=1S/C26H34N2O5/c1-32-24-11-19-10-20(23(19)13-25(24)33-2)14-27-5-3-6-28-7-4-17-8-21(15-29)22(16-30)9-18(17)12-26(28)31/h8-9,11,13,20,27,29-30H,3-7,10,12,14-16H2,1-2H3. The Kier molecular flexibility index (Phi) is 7.53. The van der Waals surface area contributed by atoms with Crippen LogP contribution in [0.1, 0.15) is 45.7 Å². The van der Waals surface area contributed by atoms with Gasteiger partial charge in [0.1, 0.15) is 0 Å². The van der Waals surface area contributed by atoms with E-state index in [0.717, 1.165) is 67.1 Å². The third kappa shape index (κ3) is 5.00. The number of methoxy groups -OCH3 is 2. The number of amides is 1. The highest BCUT2D eigenvalue weighted by Crippen LogP contribution is 2.42. The first kappa shape index (κ1) is 23.5. The normalized spacial score (nSPS) is 17.2. The highest BCUT2D eigenvalue weighted by molar-refractivity contribution is 5.80. The average Bonchev–Trinajstić information content (AvgIpc) is 2.97. The maximum absolute atomic E-state index is 12.8. The largest absolute Gasteiger partial charge is 0.493 e. The summed E-state index contributed by atoms with van der Waals surface area (Å²) in [4.78, 5) is 14.7. The van der Waals surface area contributed by atoms with Gasteiger partial charge in [-0.3, -0.25) is 4.79 Å². The first-order chi connectivity index (χ1) is 16.1. The summed E-state index contributed by atoms with van der Waals surface area (Å²) < 4.78 is 10.8. The van der Waals surface area contributed by atoms with Gasteiger partial charge in [-0.2, -0.15) is 0 Å². The van der Waals surface area contributed by atoms with Gasteiger partial charge in [-0.25, -0.2) is 0 Å². The molecule has 0 saturated carbocycles. The number of rotatable bonds is 10. The van der Waals surface area contributed by atoms with E-state index < -0.39 is 0 Å². The Bertz CT molecular complexity index is 1010. The Hall–Kier alpha value is -2.61. The molecule has 1 atom stereocenters. The van der Waals surface area contributed by atoms with Gasteiger partial charge in [0, 0.05) is 25.6 Å². The molecule has 2 aromatic carbocycles. The number of carbonyl (C=O) groups excluding carboxylic acids is 1. The van der Waals surface area contributed by atoms with Crippen LogP contribution in [0.5, 0.6) is 11.5 Å². The van der Waals surface area contributed by atoms with Crippen LogP contribution >= 0.6 is 0 Å². The lowest BCUT2D eigenvalue weighted by Gasteiger charge is -2.31. The number of ether oxygens (including phenoxy) is 2. The highest BCUT2D eigenvalue weighted by atomic mass is 16.5. The van der Waals surface area contributed by atoms with Crippen molar-refractivity contribution in [3.8, 4) is 11.5 Å². The number of fused-ring (bicyclic) bond motifs is 2. The van der Waals surface area contributed by atoms with Crippen molar-refractivity contribution in [3.63, 3.8) is 0 Å². The predicted octanol–water partition coefficient (Wildman–Crippen LogP) is 1.94. The molecule has 0 bridgehead atoms. The molecule has 0 aromatic heterocycles. The second-order valence-electron chi connectivity index (χ2n) is 8.88. The minimum atomic E-state index is -0.126. The topological polar surface area (TPSA) is 91.3 Å². The van der Waals surface area contributed by atoms with Gasteiger partial charge in [-0.1, -0.05) is 12.1 Å². The summed E-state index contributed by atoms with van der Waals surface area (Å²) in [7, 11) is 3.32. The number of hydrogen-bond donors (Lipinski definition) is 3. The summed E-state index contributed by atoms with van der Waals surface area (Å²) in [5.74, 6) is 2.17. The molecule has 0 fully saturated rings. The van der Waals surface area contributed by atoms with Gasteiger partial charge in [-0.15, -0.1) is 0 Å². The Labute approximate surface area is 195 Å². The van der Waals surface area contributed by atoms with Crippen molar-refractivity contribution in [2.75, 3.05) is 40.4 Å². The minimum absolute atomic E-state index is 0.0989. The highest BCUT2D eigenvalue weighted by Gasteiger charge is 2.28. The molecule has 1 unspecified atom stereocenters. The molecule has 7 nitrogen and oxygen atoms in total. The summed E-state index contributed by atoms with van der Waals surface area (Å²) in [5.41, 5.74) is 6.16. The van der Waals surface area contributed by atoms with Gasteiger partial charge in [-0.05, 0) is 71.3 Å². The Morgan fingerprint density at radius 2 is 1.70 bits per heavy atom. The summed E-state index contributed by atoms with van der Waals surface area (Å²) >= 11 is 0. The lowest BCUT2D eigenvalue weighted by molar-refractivity contribution is -0.130. The molecule has 0 radical (unpaired) electrons. The fourth-order valence-electron chi connectivity index (χ4n) is 4.97. The Balaban J connectivity index is 1.24. The average molecular weight is 455 g/mol. The van der Waals surface area contributed by atoms with Crippen LogP contribution in [-0.2, 0) is 37.3 Å². The van der Waals surface area contributed by atoms with E-state index in [1.54, 1.807) is 14.2 Å². The van der Waals surface area contributed by atoms with Crippen LogP contribution in [0.25, 0.3) is 0 Å². The molecule has 1 heterocycles. The monoisotopic (exact) mass is 454 g/mol. The molecule has 7 heteroatoms. The molecule has 4 rings (SSSR count). The number of hydrogen-bond acceptors (Lipinski definition) is 6. The van der Waals surface area contributed by atoms with Crippen molar-refractivity contribution in [3.05, 3.63) is 57.6 Å². The molecule has 3 N–H and O–H groups in total. The van der Waals surface area contributed by atoms with E-state index in [4.69, 9.17) is 9.47 Å². The van der Waals surface area contributed by atoms with Gasteiger partial charge in [0.15, 0.2) is 11.5 Å². The maximum atomic E-state index is 12.8. The summed E-state index contributed by atoms with van der Waals surface area (Å²) in [6, 6.07) is 7.98. The van der Waals surface area contributed by atoms with Crippen molar-refractivity contribution in [1.29, 1.82) is 0 Å². The van der Waals surface area contributed by atoms with E-state index in [1.165, 1.54) is 11.1 Å². The van der Waals surface area contributed by atoms with Crippen LogP contribution in [0.2, 0.25) is 0 Å². The molecular weight excluding hydrogens is 420 g/mol. The van der Waals surface area contributed by atoms with E-state index in [0.29, 0.717) is 24.4 Å². The first-order valence-corrected chi connectivity index (χ1v) is 11.7. The predicted molar refractivity (Wildman–Crippen MR) is 126 cm³/mol. The zero-order valence-electron chi connectivity index (χ0n) is 19.5. The second kappa shape index (κ2) is 10.5. The van der Waals surface area contributed by atoms with E-state index in [1.807, 2.05) is 17.0 Å². The molecule has 1 aliphatic heterocycles. The molecule has 0 spiro atoms. The van der Waals surface area contributed by atoms with Crippen molar-refractivity contribution in [2.45, 2.75) is 44.8 Å². The number of nitrogens with one attached hydrogen (secondary N) is 1. The summed E-state index contributed by atoms with van der Waals surface area (Å²) in [6.45, 7) is 2.96. The zero-order valence-corrected chi connectivity index (χ0v) is 19.5. The van der Waals surface area contributed by atoms with Crippen LogP contribution in [0, 0.1) is 0 Å². The van der Waals surface area contributed by atoms with Crippen LogP contribution < -0.4 is 14.8 Å². The molecule has 33 heavy (non-hydrogen) atoms. The quantitative estimate of drug-likeness (QED) is 0.476. The molecular formula is C26H34N2O5. The van der Waals surface area contributed by atoms with Gasteiger partial charge >= 0.3 is 0 Å². The molecule has 178 valence electrons. The van der Waals surface area contributed by atoms with Gasteiger partial charge in [0.05, 0.1) is 33.9 Å². The maximum Gasteiger partial charge on any atom is 0.227 e. The Morgan fingerprint density at radius 1 is 1.00 bits per heavy atom. The third-order valence-electron chi connectivity index (χ3n) is 6.93. The summed E-state index contributed by atoms with van der Waals surface area (Å²) in [6.07, 6.45) is 3.07. The van der Waals surface area contributed by atoms with Crippen molar-refractivity contribution < 1.29 is 24.5 Å². The van der Waals surface area contributed by atoms with E-state index in [9.17, 15) is 15.0 Å². The lowest BCUT2D eigenvalue weighted by Crippen LogP contribution is -2.35. The van der Waals surface area contributed by atoms with Crippen molar-refractivity contribution in [2.24, 2.45) is 0 Å². The van der Waals surface area contributed by atoms with Crippen LogP contribution in [0.15, 0.2) is 24.3 Å². The smallest absolute Gasteiger partial charge is 0.227 e. The molecule has 2 aromatic rings. The molecule has 0 saturated heterocycles. The fourth-order valence-corrected chi connectivity index (χ4v) is 4.97. The van der Waals surface area contributed by atoms with Crippen LogP contribution in [0.4, 0.5) is 0 Å². The molecule has 2 aliphatic rings. The number of aliphatic hydroxyl groups excluding tert-OH is 2. The Morgan fingerprint density at radius 3 is 2.39 bits per heavy atom. The van der Waals surface area contributed by atoms with Crippen LogP contribution in [-0.4, -0.2) is 61.4 Å². The van der Waals surface area contributed by atoms with Crippen molar-refractivity contribution >= 4 is 5.91 Å². The second-order valence-corrected chi connectivity index (χ2v) is 8.88. The summed E-state index contributed by atoms with van der Waals surface area (Å²) in [5, 5.41) is 22.6. The lowest BCUT2D eigenvalue weighted by atomic mass is 9.77. The van der Waals surface area contributed by atoms with Crippen LogP contribution in [0.3, 0.4) is 0 Å². The van der Waals surface area contributed by atoms with Crippen molar-refractivity contribution in [1.82, 2.24) is 10.2 Å². The third-order valence-corrected chi connectivity index (χ3v) is 6.93. The number of benzene rings is 2. The molecule has 1 amide bonds. The number of aliphatic hydroxyl groups is 2. The number of nitrogens with zero attached hydrogens (tertiary/aromatic N) is 1. The minimum Gasteiger partial charge on any atom is -0.493 e. The first-order valence-electron chi connectivity index (χ1n) is 11.7. The zero-order chi connectivity index (χ0) is 23.4. The van der Waals surface area contributed by atoms with Gasteiger partial charge in [0.2, 0.25) is 5.91 Å². The number of carbonyl (C=O) groups is 1. The van der Waals surface area contributed by atoms with Gasteiger partial charge in [0.25, 0.3) is 0 Å². The van der Waals surface area contributed by atoms with Gasteiger partial charge < -0.3 is 29.9 Å². The fraction of sp³-hybridized carbons (Fsp3) is 0.500. The molecule has 1 aliphatic carbocycles.